The lowest BCUT2D eigenvalue weighted by molar-refractivity contribution is 0.444. The van der Waals surface area contributed by atoms with E-state index in [0.717, 1.165) is 23.7 Å². The lowest BCUT2D eigenvalue weighted by Gasteiger charge is -2.07. The molecule has 0 aliphatic heterocycles. The first kappa shape index (κ1) is 11.8. The zero-order valence-electron chi connectivity index (χ0n) is 10.5. The van der Waals surface area contributed by atoms with E-state index in [1.54, 1.807) is 5.57 Å². The van der Waals surface area contributed by atoms with E-state index in [9.17, 15) is 0 Å². The molecule has 0 N–H and O–H groups in total. The summed E-state index contributed by atoms with van der Waals surface area (Å²) in [6.45, 7) is 11.6. The Morgan fingerprint density at radius 2 is 2.07 bits per heavy atom. The lowest BCUT2D eigenvalue weighted by Crippen LogP contribution is -1.97. The van der Waals surface area contributed by atoms with Crippen LogP contribution in [0.15, 0.2) is 11.6 Å². The maximum atomic E-state index is 2.44. The SMILES string of the molecule is CC=C(C)CCC1C(C)C1C(C)CC. The van der Waals surface area contributed by atoms with E-state index in [-0.39, 0.29) is 0 Å². The van der Waals surface area contributed by atoms with Gasteiger partial charge in [0, 0.05) is 0 Å². The first-order valence-corrected chi connectivity index (χ1v) is 6.23. The van der Waals surface area contributed by atoms with Gasteiger partial charge in [-0.15, -0.1) is 0 Å². The monoisotopic (exact) mass is 194 g/mol. The lowest BCUT2D eigenvalue weighted by atomic mass is 9.99. The minimum atomic E-state index is 0.945. The van der Waals surface area contributed by atoms with Gasteiger partial charge in [0.05, 0.1) is 0 Å². The van der Waals surface area contributed by atoms with Crippen LogP contribution in [0.2, 0.25) is 0 Å². The van der Waals surface area contributed by atoms with Crippen molar-refractivity contribution in [2.24, 2.45) is 23.7 Å². The Bertz CT molecular complexity index is 202. The fraction of sp³-hybridized carbons (Fsp3) is 0.857. The summed E-state index contributed by atoms with van der Waals surface area (Å²) in [5.74, 6) is 4.00. The van der Waals surface area contributed by atoms with E-state index < -0.39 is 0 Å². The van der Waals surface area contributed by atoms with Gasteiger partial charge in [-0.25, -0.2) is 0 Å². The Hall–Kier alpha value is -0.260. The first-order chi connectivity index (χ1) is 6.61. The van der Waals surface area contributed by atoms with Gasteiger partial charge >= 0.3 is 0 Å². The Morgan fingerprint density at radius 3 is 2.57 bits per heavy atom. The summed E-state index contributed by atoms with van der Waals surface area (Å²) in [7, 11) is 0. The minimum absolute atomic E-state index is 0.945. The van der Waals surface area contributed by atoms with Crippen LogP contribution in [0.25, 0.3) is 0 Å². The first-order valence-electron chi connectivity index (χ1n) is 6.23. The molecule has 0 heterocycles. The van der Waals surface area contributed by atoms with Gasteiger partial charge in [0.15, 0.2) is 0 Å². The van der Waals surface area contributed by atoms with Crippen LogP contribution in [0.4, 0.5) is 0 Å². The molecular formula is C14H26. The molecule has 0 heteroatoms. The molecule has 4 atom stereocenters. The maximum absolute atomic E-state index is 2.44. The fourth-order valence-electron chi connectivity index (χ4n) is 2.79. The summed E-state index contributed by atoms with van der Waals surface area (Å²) in [5.41, 5.74) is 1.56. The van der Waals surface area contributed by atoms with Crippen LogP contribution in [-0.4, -0.2) is 0 Å². The van der Waals surface area contributed by atoms with Crippen molar-refractivity contribution in [2.75, 3.05) is 0 Å². The zero-order chi connectivity index (χ0) is 10.7. The average molecular weight is 194 g/mol. The van der Waals surface area contributed by atoms with E-state index >= 15 is 0 Å². The van der Waals surface area contributed by atoms with Crippen molar-refractivity contribution >= 4 is 0 Å². The highest BCUT2D eigenvalue weighted by Gasteiger charge is 2.47. The molecule has 0 spiro atoms. The number of hydrogen-bond acceptors (Lipinski definition) is 0. The van der Waals surface area contributed by atoms with Crippen LogP contribution in [0, 0.1) is 23.7 Å². The second-order valence-electron chi connectivity index (χ2n) is 5.16. The summed E-state index contributed by atoms with van der Waals surface area (Å²) in [6.07, 6.45) is 6.35. The number of hydrogen-bond donors (Lipinski definition) is 0. The van der Waals surface area contributed by atoms with Crippen LogP contribution in [0.1, 0.15) is 53.9 Å². The van der Waals surface area contributed by atoms with E-state index in [2.05, 4.69) is 40.7 Å². The van der Waals surface area contributed by atoms with E-state index in [4.69, 9.17) is 0 Å². The molecule has 0 saturated heterocycles. The predicted molar refractivity (Wildman–Crippen MR) is 64.3 cm³/mol. The summed E-state index contributed by atoms with van der Waals surface area (Å²) >= 11 is 0. The molecule has 14 heavy (non-hydrogen) atoms. The molecule has 0 amide bonds. The molecule has 0 bridgehead atoms. The molecule has 4 unspecified atom stereocenters. The highest BCUT2D eigenvalue weighted by molar-refractivity contribution is 5.01. The molecule has 0 radical (unpaired) electrons. The van der Waals surface area contributed by atoms with Gasteiger partial charge in [-0.05, 0) is 50.4 Å². The third-order valence-electron chi connectivity index (χ3n) is 4.30. The van der Waals surface area contributed by atoms with E-state index in [0.29, 0.717) is 0 Å². The Morgan fingerprint density at radius 1 is 1.43 bits per heavy atom. The molecule has 1 aliphatic rings. The van der Waals surface area contributed by atoms with Crippen molar-refractivity contribution in [3.05, 3.63) is 11.6 Å². The van der Waals surface area contributed by atoms with Crippen LogP contribution < -0.4 is 0 Å². The fourth-order valence-corrected chi connectivity index (χ4v) is 2.79. The smallest absolute Gasteiger partial charge is 0.0320 e. The van der Waals surface area contributed by atoms with E-state index in [1.807, 2.05) is 0 Å². The van der Waals surface area contributed by atoms with Gasteiger partial charge in [-0.1, -0.05) is 38.8 Å². The van der Waals surface area contributed by atoms with Gasteiger partial charge < -0.3 is 0 Å². The molecule has 1 aliphatic carbocycles. The van der Waals surface area contributed by atoms with Crippen molar-refractivity contribution in [3.63, 3.8) is 0 Å². The van der Waals surface area contributed by atoms with Gasteiger partial charge in [0.1, 0.15) is 0 Å². The molecule has 0 nitrogen and oxygen atoms in total. The Labute approximate surface area is 89.8 Å². The molecule has 0 aromatic rings. The van der Waals surface area contributed by atoms with Crippen molar-refractivity contribution in [2.45, 2.75) is 53.9 Å². The number of allylic oxidation sites excluding steroid dienone is 2. The molecule has 0 aromatic carbocycles. The van der Waals surface area contributed by atoms with Gasteiger partial charge in [-0.2, -0.15) is 0 Å². The summed E-state index contributed by atoms with van der Waals surface area (Å²) in [6, 6.07) is 0. The topological polar surface area (TPSA) is 0 Å². The zero-order valence-corrected chi connectivity index (χ0v) is 10.5. The summed E-state index contributed by atoms with van der Waals surface area (Å²) in [5, 5.41) is 0. The van der Waals surface area contributed by atoms with E-state index in [1.165, 1.54) is 19.3 Å². The van der Waals surface area contributed by atoms with Crippen molar-refractivity contribution < 1.29 is 0 Å². The Kier molecular flexibility index (Phi) is 4.22. The molecule has 1 fully saturated rings. The van der Waals surface area contributed by atoms with Crippen LogP contribution in [-0.2, 0) is 0 Å². The predicted octanol–water partition coefficient (Wildman–Crippen LogP) is 4.66. The van der Waals surface area contributed by atoms with Gasteiger partial charge in [0.2, 0.25) is 0 Å². The number of rotatable bonds is 5. The van der Waals surface area contributed by atoms with Crippen LogP contribution >= 0.6 is 0 Å². The molecular weight excluding hydrogens is 168 g/mol. The standard InChI is InChI=1S/C14H26/c1-6-10(3)8-9-13-12(5)14(13)11(4)7-2/h6,11-14H,7-9H2,1-5H3. The van der Waals surface area contributed by atoms with Crippen molar-refractivity contribution in [1.29, 1.82) is 0 Å². The normalized spacial score (nSPS) is 34.4. The maximum Gasteiger partial charge on any atom is -0.0320 e. The van der Waals surface area contributed by atoms with Crippen molar-refractivity contribution in [3.8, 4) is 0 Å². The Balaban J connectivity index is 2.29. The summed E-state index contributed by atoms with van der Waals surface area (Å²) in [4.78, 5) is 0. The third kappa shape index (κ3) is 2.62. The second-order valence-corrected chi connectivity index (χ2v) is 5.16. The van der Waals surface area contributed by atoms with Gasteiger partial charge in [-0.3, -0.25) is 0 Å². The molecule has 0 aromatic heterocycles. The van der Waals surface area contributed by atoms with Crippen LogP contribution in [0.3, 0.4) is 0 Å². The second kappa shape index (κ2) is 5.00. The largest absolute Gasteiger partial charge is 0.0887 e. The van der Waals surface area contributed by atoms with Gasteiger partial charge in [0.25, 0.3) is 0 Å². The highest BCUT2D eigenvalue weighted by atomic mass is 14.5. The van der Waals surface area contributed by atoms with Crippen molar-refractivity contribution in [1.82, 2.24) is 0 Å². The molecule has 1 saturated carbocycles. The minimum Gasteiger partial charge on any atom is -0.0887 e. The quantitative estimate of drug-likeness (QED) is 0.558. The molecule has 1 rings (SSSR count). The average Bonchev–Trinajstić information content (AvgIpc) is 2.84. The highest BCUT2D eigenvalue weighted by Crippen LogP contribution is 2.54. The van der Waals surface area contributed by atoms with Crippen LogP contribution in [0.5, 0.6) is 0 Å². The molecule has 82 valence electrons. The third-order valence-corrected chi connectivity index (χ3v) is 4.30. The summed E-state index contributed by atoms with van der Waals surface area (Å²) < 4.78 is 0.